The van der Waals surface area contributed by atoms with Gasteiger partial charge in [0.15, 0.2) is 5.16 Å². The van der Waals surface area contributed by atoms with E-state index >= 15 is 0 Å². The van der Waals surface area contributed by atoms with Gasteiger partial charge in [-0.15, -0.1) is 11.3 Å². The molecule has 0 bridgehead atoms. The number of fused-ring (bicyclic) bond motifs is 1. The zero-order valence-electron chi connectivity index (χ0n) is 11.6. The number of hydrogen-bond donors (Lipinski definition) is 1. The Balaban J connectivity index is 1.73. The molecule has 6 nitrogen and oxygen atoms in total. The van der Waals surface area contributed by atoms with Gasteiger partial charge in [0.25, 0.3) is 0 Å². The average Bonchev–Trinajstić information content (AvgIpc) is 2.96. The number of aromatic nitrogens is 2. The van der Waals surface area contributed by atoms with Crippen molar-refractivity contribution >= 4 is 45.0 Å². The summed E-state index contributed by atoms with van der Waals surface area (Å²) in [6.45, 7) is 4.38. The van der Waals surface area contributed by atoms with Gasteiger partial charge in [-0.3, -0.25) is 4.79 Å². The first-order chi connectivity index (χ1) is 10.1. The van der Waals surface area contributed by atoms with Gasteiger partial charge in [-0.1, -0.05) is 11.8 Å². The highest BCUT2D eigenvalue weighted by Crippen LogP contribution is 2.28. The molecule has 2 N–H and O–H groups in total. The standard InChI is InChI=1S/C13H16N4O2S2/c1-8(12(18)17-3-5-19-6-4-17)21-13-15-10(14)9-2-7-20-11(9)16-13/h2,7-8H,3-6H2,1H3,(H2,14,15,16)/t8-/m1/s1. The summed E-state index contributed by atoms with van der Waals surface area (Å²) >= 11 is 2.87. The van der Waals surface area contributed by atoms with Crippen LogP contribution >= 0.6 is 23.1 Å². The van der Waals surface area contributed by atoms with E-state index in [0.29, 0.717) is 37.3 Å². The summed E-state index contributed by atoms with van der Waals surface area (Å²) in [5.41, 5.74) is 5.93. The normalized spacial score (nSPS) is 17.1. The molecule has 0 spiro atoms. The van der Waals surface area contributed by atoms with Crippen molar-refractivity contribution in [3.63, 3.8) is 0 Å². The Morgan fingerprint density at radius 1 is 1.48 bits per heavy atom. The molecule has 3 heterocycles. The number of nitrogens with zero attached hydrogens (tertiary/aromatic N) is 3. The fourth-order valence-corrected chi connectivity index (χ4v) is 3.85. The molecule has 8 heteroatoms. The average molecular weight is 324 g/mol. The summed E-state index contributed by atoms with van der Waals surface area (Å²) in [5, 5.41) is 3.12. The molecule has 1 saturated heterocycles. The Labute approximate surface area is 130 Å². The van der Waals surface area contributed by atoms with Gasteiger partial charge in [-0.25, -0.2) is 9.97 Å². The molecule has 3 rings (SSSR count). The van der Waals surface area contributed by atoms with Gasteiger partial charge in [0, 0.05) is 13.1 Å². The van der Waals surface area contributed by atoms with Gasteiger partial charge in [0.2, 0.25) is 5.91 Å². The van der Waals surface area contributed by atoms with Crippen LogP contribution in [0, 0.1) is 0 Å². The maximum absolute atomic E-state index is 12.4. The number of anilines is 1. The van der Waals surface area contributed by atoms with Gasteiger partial charge in [-0.05, 0) is 18.4 Å². The summed E-state index contributed by atoms with van der Waals surface area (Å²) in [6, 6.07) is 1.91. The Hall–Kier alpha value is -1.38. The zero-order chi connectivity index (χ0) is 14.8. The first-order valence-electron chi connectivity index (χ1n) is 6.69. The van der Waals surface area contributed by atoms with Gasteiger partial charge >= 0.3 is 0 Å². The number of carbonyl (C=O) groups excluding carboxylic acids is 1. The number of thioether (sulfide) groups is 1. The molecular formula is C13H16N4O2S2. The van der Waals surface area contributed by atoms with Crippen LogP contribution in [0.4, 0.5) is 5.82 Å². The maximum atomic E-state index is 12.4. The molecule has 0 unspecified atom stereocenters. The van der Waals surface area contributed by atoms with Crippen molar-refractivity contribution in [2.45, 2.75) is 17.3 Å². The van der Waals surface area contributed by atoms with Crippen LogP contribution < -0.4 is 5.73 Å². The van der Waals surface area contributed by atoms with E-state index in [4.69, 9.17) is 10.5 Å². The lowest BCUT2D eigenvalue weighted by molar-refractivity contribution is -0.134. The second-order valence-electron chi connectivity index (χ2n) is 4.73. The monoisotopic (exact) mass is 324 g/mol. The van der Waals surface area contributed by atoms with Crippen molar-refractivity contribution in [2.24, 2.45) is 0 Å². The van der Waals surface area contributed by atoms with E-state index in [9.17, 15) is 4.79 Å². The second-order valence-corrected chi connectivity index (χ2v) is 6.93. The van der Waals surface area contributed by atoms with E-state index in [-0.39, 0.29) is 11.2 Å². The first-order valence-corrected chi connectivity index (χ1v) is 8.45. The highest BCUT2D eigenvalue weighted by Gasteiger charge is 2.24. The van der Waals surface area contributed by atoms with Gasteiger partial charge < -0.3 is 15.4 Å². The molecule has 1 amide bonds. The highest BCUT2D eigenvalue weighted by atomic mass is 32.2. The van der Waals surface area contributed by atoms with Crippen LogP contribution in [0.25, 0.3) is 10.2 Å². The lowest BCUT2D eigenvalue weighted by Crippen LogP contribution is -2.44. The summed E-state index contributed by atoms with van der Waals surface area (Å²) in [4.78, 5) is 23.8. The molecule has 0 saturated carbocycles. The lowest BCUT2D eigenvalue weighted by atomic mass is 10.3. The summed E-state index contributed by atoms with van der Waals surface area (Å²) in [6.07, 6.45) is 0. The number of morpholine rings is 1. The zero-order valence-corrected chi connectivity index (χ0v) is 13.2. The molecule has 0 aliphatic carbocycles. The fourth-order valence-electron chi connectivity index (χ4n) is 2.16. The third kappa shape index (κ3) is 3.12. The number of thiophene rings is 1. The van der Waals surface area contributed by atoms with Crippen LogP contribution in [-0.2, 0) is 9.53 Å². The summed E-state index contributed by atoms with van der Waals surface area (Å²) < 4.78 is 5.26. The Bertz CT molecular complexity index is 655. The molecule has 0 radical (unpaired) electrons. The molecule has 0 aromatic carbocycles. The second kappa shape index (κ2) is 6.17. The number of nitrogens with two attached hydrogens (primary N) is 1. The fraction of sp³-hybridized carbons (Fsp3) is 0.462. The minimum absolute atomic E-state index is 0.0942. The van der Waals surface area contributed by atoms with Crippen molar-refractivity contribution in [1.29, 1.82) is 0 Å². The third-order valence-electron chi connectivity index (χ3n) is 3.29. The SMILES string of the molecule is C[C@@H](Sc1nc(N)c2ccsc2n1)C(=O)N1CCOCC1. The largest absolute Gasteiger partial charge is 0.383 e. The number of amides is 1. The number of nitrogen functional groups attached to an aromatic ring is 1. The number of rotatable bonds is 3. The number of carbonyl (C=O) groups is 1. The quantitative estimate of drug-likeness (QED) is 0.682. The van der Waals surface area contributed by atoms with E-state index in [2.05, 4.69) is 9.97 Å². The van der Waals surface area contributed by atoms with Crippen molar-refractivity contribution in [1.82, 2.24) is 14.9 Å². The Morgan fingerprint density at radius 3 is 3.00 bits per heavy atom. The third-order valence-corrected chi connectivity index (χ3v) is 5.04. The van der Waals surface area contributed by atoms with E-state index < -0.39 is 0 Å². The summed E-state index contributed by atoms with van der Waals surface area (Å²) in [7, 11) is 0. The maximum Gasteiger partial charge on any atom is 0.236 e. The van der Waals surface area contributed by atoms with E-state index in [0.717, 1.165) is 10.2 Å². The van der Waals surface area contributed by atoms with Crippen LogP contribution in [0.15, 0.2) is 16.6 Å². The molecule has 2 aromatic heterocycles. The van der Waals surface area contributed by atoms with E-state index in [1.807, 2.05) is 23.3 Å². The molecule has 2 aromatic rings. The number of ether oxygens (including phenoxy) is 1. The Kier molecular flexibility index (Phi) is 4.27. The molecule has 1 atom stereocenters. The van der Waals surface area contributed by atoms with Crippen LogP contribution in [-0.4, -0.2) is 52.3 Å². The predicted molar refractivity (Wildman–Crippen MR) is 84.5 cm³/mol. The van der Waals surface area contributed by atoms with Crippen molar-refractivity contribution < 1.29 is 9.53 Å². The predicted octanol–water partition coefficient (Wildman–Crippen LogP) is 1.61. The first kappa shape index (κ1) is 14.6. The smallest absolute Gasteiger partial charge is 0.236 e. The van der Waals surface area contributed by atoms with Crippen LogP contribution in [0.2, 0.25) is 0 Å². The molecule has 112 valence electrons. The van der Waals surface area contributed by atoms with Crippen molar-refractivity contribution in [3.8, 4) is 0 Å². The Morgan fingerprint density at radius 2 is 2.24 bits per heavy atom. The lowest BCUT2D eigenvalue weighted by Gasteiger charge is -2.28. The topological polar surface area (TPSA) is 81.3 Å². The molecule has 21 heavy (non-hydrogen) atoms. The van der Waals surface area contributed by atoms with Gasteiger partial charge in [0.05, 0.1) is 23.8 Å². The van der Waals surface area contributed by atoms with Crippen molar-refractivity contribution in [2.75, 3.05) is 32.0 Å². The number of hydrogen-bond acceptors (Lipinski definition) is 7. The van der Waals surface area contributed by atoms with Crippen LogP contribution in [0.1, 0.15) is 6.92 Å². The van der Waals surface area contributed by atoms with Gasteiger partial charge in [-0.2, -0.15) is 0 Å². The molecular weight excluding hydrogens is 308 g/mol. The van der Waals surface area contributed by atoms with Gasteiger partial charge in [0.1, 0.15) is 10.6 Å². The molecule has 1 fully saturated rings. The van der Waals surface area contributed by atoms with E-state index in [1.54, 1.807) is 0 Å². The van der Waals surface area contributed by atoms with E-state index in [1.165, 1.54) is 23.1 Å². The molecule has 1 aliphatic rings. The highest BCUT2D eigenvalue weighted by molar-refractivity contribution is 8.00. The van der Waals surface area contributed by atoms with Crippen molar-refractivity contribution in [3.05, 3.63) is 11.4 Å². The minimum Gasteiger partial charge on any atom is -0.383 e. The minimum atomic E-state index is -0.236. The summed E-state index contributed by atoms with van der Waals surface area (Å²) in [5.74, 6) is 0.562. The molecule has 1 aliphatic heterocycles. The van der Waals surface area contributed by atoms with Crippen LogP contribution in [0.3, 0.4) is 0 Å². The van der Waals surface area contributed by atoms with Crippen LogP contribution in [0.5, 0.6) is 0 Å².